The molecule has 0 saturated carbocycles. The molecule has 0 fully saturated rings. The van der Waals surface area contributed by atoms with Gasteiger partial charge in [-0.15, -0.1) is 0 Å². The summed E-state index contributed by atoms with van der Waals surface area (Å²) in [7, 11) is 0. The Morgan fingerprint density at radius 2 is 2.08 bits per heavy atom. The molecule has 1 aromatic rings. The lowest BCUT2D eigenvalue weighted by Gasteiger charge is -2.21. The lowest BCUT2D eigenvalue weighted by molar-refractivity contribution is -0.119. The number of benzene rings is 1. The van der Waals surface area contributed by atoms with E-state index in [1.54, 1.807) is 23.3 Å². The first-order valence-electron chi connectivity index (χ1n) is 7.70. The Morgan fingerprint density at radius 1 is 1.21 bits per heavy atom. The zero-order chi connectivity index (χ0) is 16.8. The van der Waals surface area contributed by atoms with Crippen molar-refractivity contribution in [3.05, 3.63) is 60.0 Å². The van der Waals surface area contributed by atoms with E-state index in [1.807, 2.05) is 30.4 Å². The minimum Gasteiger partial charge on any atom is -0.454 e. The van der Waals surface area contributed by atoms with Gasteiger partial charge in [-0.3, -0.25) is 4.79 Å². The fourth-order valence-corrected chi connectivity index (χ4v) is 2.46. The summed E-state index contributed by atoms with van der Waals surface area (Å²) >= 11 is 0. The van der Waals surface area contributed by atoms with Crippen LogP contribution >= 0.6 is 0 Å². The number of hydrogen-bond acceptors (Lipinski definition) is 5. The van der Waals surface area contributed by atoms with Crippen molar-refractivity contribution in [2.75, 3.05) is 13.3 Å². The summed E-state index contributed by atoms with van der Waals surface area (Å²) in [6.07, 6.45) is 10.2. The highest BCUT2D eigenvalue weighted by Gasteiger charge is 2.17. The van der Waals surface area contributed by atoms with Crippen molar-refractivity contribution in [2.24, 2.45) is 0 Å². The Hall–Kier alpha value is -3.02. The third-order valence-electron chi connectivity index (χ3n) is 3.66. The van der Waals surface area contributed by atoms with Gasteiger partial charge in [0, 0.05) is 25.7 Å². The molecule has 0 aliphatic carbocycles. The smallest absolute Gasteiger partial charge is 0.268 e. The number of aldehydes is 1. The Balaban J connectivity index is 1.64. The van der Waals surface area contributed by atoms with Gasteiger partial charge in [-0.1, -0.05) is 18.2 Å². The van der Waals surface area contributed by atoms with Crippen LogP contribution in [0.15, 0.2) is 54.4 Å². The van der Waals surface area contributed by atoms with Gasteiger partial charge in [-0.25, -0.2) is 0 Å². The highest BCUT2D eigenvalue weighted by Crippen LogP contribution is 2.32. The van der Waals surface area contributed by atoms with Gasteiger partial charge in [-0.2, -0.15) is 0 Å². The Labute approximate surface area is 140 Å². The maximum absolute atomic E-state index is 12.5. The molecule has 2 aliphatic heterocycles. The van der Waals surface area contributed by atoms with Gasteiger partial charge in [0.2, 0.25) is 6.79 Å². The average Bonchev–Trinajstić information content (AvgIpc) is 2.94. The van der Waals surface area contributed by atoms with E-state index in [1.165, 1.54) is 0 Å². The third-order valence-corrected chi connectivity index (χ3v) is 3.66. The van der Waals surface area contributed by atoms with Crippen LogP contribution in [0.25, 0.3) is 0 Å². The zero-order valence-electron chi connectivity index (χ0n) is 13.1. The van der Waals surface area contributed by atoms with Crippen LogP contribution < -0.4 is 14.8 Å². The van der Waals surface area contributed by atoms with Crippen molar-refractivity contribution in [3.8, 4) is 11.5 Å². The number of fused-ring (bicyclic) bond motifs is 1. The second kappa shape index (κ2) is 7.50. The number of carbonyl (C=O) groups excluding carboxylic acids is 2. The summed E-state index contributed by atoms with van der Waals surface area (Å²) in [5.41, 5.74) is 1.43. The second-order valence-electron chi connectivity index (χ2n) is 5.30. The Bertz CT molecular complexity index is 722. The molecule has 6 heteroatoms. The highest BCUT2D eigenvalue weighted by atomic mass is 16.7. The first kappa shape index (κ1) is 15.9. The molecule has 2 aliphatic rings. The Kier molecular flexibility index (Phi) is 4.96. The van der Waals surface area contributed by atoms with Gasteiger partial charge in [0.05, 0.1) is 0 Å². The van der Waals surface area contributed by atoms with Crippen molar-refractivity contribution in [2.45, 2.75) is 13.0 Å². The van der Waals surface area contributed by atoms with Gasteiger partial charge >= 0.3 is 0 Å². The molecule has 0 spiro atoms. The van der Waals surface area contributed by atoms with Crippen LogP contribution in [0.2, 0.25) is 0 Å². The van der Waals surface area contributed by atoms with E-state index in [2.05, 4.69) is 5.32 Å². The van der Waals surface area contributed by atoms with Crippen molar-refractivity contribution in [3.63, 3.8) is 0 Å². The maximum Gasteiger partial charge on any atom is 0.268 e. The van der Waals surface area contributed by atoms with E-state index in [4.69, 9.17) is 9.47 Å². The molecule has 1 N–H and O–H groups in total. The normalized spacial score (nSPS) is 15.0. The van der Waals surface area contributed by atoms with Gasteiger partial charge in [0.1, 0.15) is 12.0 Å². The minimum absolute atomic E-state index is 0.199. The summed E-state index contributed by atoms with van der Waals surface area (Å²) in [6.45, 7) is 1.06. The monoisotopic (exact) mass is 326 g/mol. The van der Waals surface area contributed by atoms with Crippen molar-refractivity contribution >= 4 is 12.2 Å². The molecule has 0 atom stereocenters. The topological polar surface area (TPSA) is 67.9 Å². The van der Waals surface area contributed by atoms with Crippen LogP contribution in [-0.4, -0.2) is 30.4 Å². The summed E-state index contributed by atoms with van der Waals surface area (Å²) in [5.74, 6) is 1.20. The zero-order valence-corrected chi connectivity index (χ0v) is 13.1. The van der Waals surface area contributed by atoms with Gasteiger partial charge < -0.3 is 24.5 Å². The van der Waals surface area contributed by atoms with Crippen LogP contribution in [0.5, 0.6) is 11.5 Å². The van der Waals surface area contributed by atoms with Crippen LogP contribution in [0, 0.1) is 0 Å². The molecule has 0 radical (unpaired) electrons. The molecule has 0 bridgehead atoms. The van der Waals surface area contributed by atoms with Crippen molar-refractivity contribution in [1.29, 1.82) is 0 Å². The number of ether oxygens (including phenoxy) is 2. The lowest BCUT2D eigenvalue weighted by Crippen LogP contribution is -2.32. The molecular formula is C18H18N2O4. The van der Waals surface area contributed by atoms with Crippen LogP contribution in [-0.2, 0) is 16.1 Å². The molecule has 0 unspecified atom stereocenters. The number of amides is 1. The van der Waals surface area contributed by atoms with Crippen LogP contribution in [0.1, 0.15) is 12.0 Å². The fraction of sp³-hybridized carbons (Fsp3) is 0.222. The third kappa shape index (κ3) is 3.65. The maximum atomic E-state index is 12.5. The molecule has 24 heavy (non-hydrogen) atoms. The van der Waals surface area contributed by atoms with Gasteiger partial charge in [-0.05, 0) is 29.8 Å². The first-order chi connectivity index (χ1) is 11.8. The summed E-state index contributed by atoms with van der Waals surface area (Å²) in [4.78, 5) is 24.9. The predicted octanol–water partition coefficient (Wildman–Crippen LogP) is 1.89. The molecule has 2 heterocycles. The predicted molar refractivity (Wildman–Crippen MR) is 88.2 cm³/mol. The standard InChI is InChI=1S/C18H18N2O4/c21-10-4-9-20-8-3-1-2-5-15(20)18(22)19-12-14-6-7-16-17(11-14)24-13-23-16/h1-3,5-8,10-11H,4,9,12-13H2,(H,19,22). The van der Waals surface area contributed by atoms with E-state index in [0.717, 1.165) is 11.8 Å². The highest BCUT2D eigenvalue weighted by molar-refractivity contribution is 5.93. The largest absolute Gasteiger partial charge is 0.454 e. The number of rotatable bonds is 6. The average molecular weight is 326 g/mol. The Morgan fingerprint density at radius 3 is 2.96 bits per heavy atom. The van der Waals surface area contributed by atoms with Crippen molar-refractivity contribution in [1.82, 2.24) is 10.2 Å². The number of nitrogens with zero attached hydrogens (tertiary/aromatic N) is 1. The summed E-state index contributed by atoms with van der Waals surface area (Å²) in [6, 6.07) is 5.57. The van der Waals surface area contributed by atoms with E-state index in [9.17, 15) is 9.59 Å². The quantitative estimate of drug-likeness (QED) is 0.809. The molecule has 6 nitrogen and oxygen atoms in total. The summed E-state index contributed by atoms with van der Waals surface area (Å²) < 4.78 is 10.6. The number of hydrogen-bond donors (Lipinski definition) is 1. The number of nitrogens with one attached hydrogen (secondary N) is 1. The molecule has 1 amide bonds. The van der Waals surface area contributed by atoms with E-state index < -0.39 is 0 Å². The minimum atomic E-state index is -0.199. The van der Waals surface area contributed by atoms with E-state index in [0.29, 0.717) is 36.7 Å². The number of allylic oxidation sites excluding steroid dienone is 4. The second-order valence-corrected chi connectivity index (χ2v) is 5.30. The SMILES string of the molecule is O=CCCN1C=CC=CC=C1C(=O)NCc1ccc2c(c1)OCO2. The molecule has 3 rings (SSSR count). The molecule has 0 aromatic heterocycles. The molecule has 0 saturated heterocycles. The van der Waals surface area contributed by atoms with Gasteiger partial charge in [0.15, 0.2) is 11.5 Å². The fourth-order valence-electron chi connectivity index (χ4n) is 2.46. The van der Waals surface area contributed by atoms with E-state index in [-0.39, 0.29) is 12.7 Å². The van der Waals surface area contributed by atoms with E-state index >= 15 is 0 Å². The first-order valence-corrected chi connectivity index (χ1v) is 7.70. The lowest BCUT2D eigenvalue weighted by atomic mass is 10.2. The molecule has 124 valence electrons. The van der Waals surface area contributed by atoms with Crippen LogP contribution in [0.4, 0.5) is 0 Å². The van der Waals surface area contributed by atoms with Crippen molar-refractivity contribution < 1.29 is 19.1 Å². The van der Waals surface area contributed by atoms with Crippen LogP contribution in [0.3, 0.4) is 0 Å². The summed E-state index contributed by atoms with van der Waals surface area (Å²) in [5, 5.41) is 2.89. The van der Waals surface area contributed by atoms with Gasteiger partial charge in [0.25, 0.3) is 5.91 Å². The molecule has 1 aromatic carbocycles. The molecular weight excluding hydrogens is 308 g/mol. The number of carbonyl (C=O) groups is 2.